The van der Waals surface area contributed by atoms with Crippen molar-refractivity contribution in [3.63, 3.8) is 0 Å². The summed E-state index contributed by atoms with van der Waals surface area (Å²) in [6, 6.07) is 10.6. The van der Waals surface area contributed by atoms with E-state index in [-0.39, 0.29) is 12.0 Å². The maximum absolute atomic E-state index is 9.41. The van der Waals surface area contributed by atoms with Crippen LogP contribution in [0.1, 0.15) is 32.8 Å². The van der Waals surface area contributed by atoms with Gasteiger partial charge in [0.1, 0.15) is 0 Å². The van der Waals surface area contributed by atoms with Gasteiger partial charge in [-0.25, -0.2) is 0 Å². The van der Waals surface area contributed by atoms with E-state index < -0.39 is 0 Å². The molecule has 1 unspecified atom stereocenters. The molecule has 1 fully saturated rings. The molecule has 1 atom stereocenters. The summed E-state index contributed by atoms with van der Waals surface area (Å²) < 4.78 is 0. The van der Waals surface area contributed by atoms with E-state index in [4.69, 9.17) is 11.6 Å². The lowest BCUT2D eigenvalue weighted by atomic mass is 9.94. The normalized spacial score (nSPS) is 21.2. The second-order valence-corrected chi connectivity index (χ2v) is 8.42. The minimum atomic E-state index is 0.243. The number of hydrogen-bond acceptors (Lipinski definition) is 3. The summed E-state index contributed by atoms with van der Waals surface area (Å²) in [5.74, 6) is 0. The lowest BCUT2D eigenvalue weighted by Gasteiger charge is -2.43. The van der Waals surface area contributed by atoms with Gasteiger partial charge in [-0.15, -0.1) is 0 Å². The van der Waals surface area contributed by atoms with Crippen molar-refractivity contribution in [2.75, 3.05) is 39.3 Å². The standard InChI is InChI=1S/C20H31ClN2O/c1-20(2,3)16-23-11-10-22(15-19(23)9-12-24)14-18(21)13-17-7-5-4-6-8-17/h4-8,13,19,24H,9-12,14-16H2,1-3H3/b18-13-. The molecule has 0 saturated carbocycles. The van der Waals surface area contributed by atoms with Gasteiger partial charge < -0.3 is 5.11 Å². The number of aliphatic hydroxyl groups excluding tert-OH is 1. The van der Waals surface area contributed by atoms with Gasteiger partial charge in [0.15, 0.2) is 0 Å². The zero-order valence-corrected chi connectivity index (χ0v) is 16.0. The number of nitrogens with zero attached hydrogens (tertiary/aromatic N) is 2. The summed E-state index contributed by atoms with van der Waals surface area (Å²) in [7, 11) is 0. The molecule has 1 heterocycles. The van der Waals surface area contributed by atoms with Gasteiger partial charge >= 0.3 is 0 Å². The maximum atomic E-state index is 9.41. The number of hydrogen-bond donors (Lipinski definition) is 1. The molecule has 134 valence electrons. The Hall–Kier alpha value is -0.870. The van der Waals surface area contributed by atoms with E-state index in [1.54, 1.807) is 0 Å². The summed E-state index contributed by atoms with van der Waals surface area (Å²) in [4.78, 5) is 4.93. The molecule has 1 aromatic carbocycles. The summed E-state index contributed by atoms with van der Waals surface area (Å²) in [6.45, 7) is 11.9. The van der Waals surface area contributed by atoms with Crippen molar-refractivity contribution in [1.82, 2.24) is 9.80 Å². The summed E-state index contributed by atoms with van der Waals surface area (Å²) in [5, 5.41) is 10.3. The third-order valence-electron chi connectivity index (χ3n) is 4.33. The van der Waals surface area contributed by atoms with Crippen LogP contribution in [0.4, 0.5) is 0 Å². The van der Waals surface area contributed by atoms with Gasteiger partial charge in [0.2, 0.25) is 0 Å². The monoisotopic (exact) mass is 350 g/mol. The Balaban J connectivity index is 1.94. The maximum Gasteiger partial charge on any atom is 0.0446 e. The molecular formula is C20H31ClN2O. The SMILES string of the molecule is CC(C)(C)CN1CCN(C/C(Cl)=C/c2ccccc2)CC1CCO. The average molecular weight is 351 g/mol. The Morgan fingerprint density at radius 1 is 1.25 bits per heavy atom. The molecule has 3 nitrogen and oxygen atoms in total. The first-order valence-corrected chi connectivity index (χ1v) is 9.23. The zero-order valence-electron chi connectivity index (χ0n) is 15.2. The molecule has 0 spiro atoms. The summed E-state index contributed by atoms with van der Waals surface area (Å²) >= 11 is 6.47. The first-order chi connectivity index (χ1) is 11.4. The van der Waals surface area contributed by atoms with Gasteiger partial charge in [-0.3, -0.25) is 9.80 Å². The number of benzene rings is 1. The molecule has 4 heteroatoms. The van der Waals surface area contributed by atoms with Crippen LogP contribution in [0.2, 0.25) is 0 Å². The Bertz CT molecular complexity index is 524. The highest BCUT2D eigenvalue weighted by molar-refractivity contribution is 6.31. The van der Waals surface area contributed by atoms with E-state index in [2.05, 4.69) is 42.7 Å². The van der Waals surface area contributed by atoms with Crippen molar-refractivity contribution in [2.24, 2.45) is 5.41 Å². The number of rotatable bonds is 6. The van der Waals surface area contributed by atoms with Gasteiger partial charge in [0.05, 0.1) is 0 Å². The van der Waals surface area contributed by atoms with E-state index >= 15 is 0 Å². The smallest absolute Gasteiger partial charge is 0.0446 e. The number of halogens is 1. The molecule has 1 aromatic rings. The topological polar surface area (TPSA) is 26.7 Å². The van der Waals surface area contributed by atoms with Crippen LogP contribution in [0, 0.1) is 5.41 Å². The van der Waals surface area contributed by atoms with Crippen molar-refractivity contribution in [3.8, 4) is 0 Å². The van der Waals surface area contributed by atoms with Crippen LogP contribution in [0.15, 0.2) is 35.4 Å². The highest BCUT2D eigenvalue weighted by Gasteiger charge is 2.29. The number of piperazine rings is 1. The number of aliphatic hydroxyl groups is 1. The third-order valence-corrected chi connectivity index (χ3v) is 4.55. The van der Waals surface area contributed by atoms with Crippen molar-refractivity contribution in [3.05, 3.63) is 40.9 Å². The molecule has 0 amide bonds. The van der Waals surface area contributed by atoms with Crippen LogP contribution in [-0.2, 0) is 0 Å². The Morgan fingerprint density at radius 3 is 2.58 bits per heavy atom. The van der Waals surface area contributed by atoms with Crippen molar-refractivity contribution >= 4 is 17.7 Å². The Morgan fingerprint density at radius 2 is 1.96 bits per heavy atom. The minimum absolute atomic E-state index is 0.243. The van der Waals surface area contributed by atoms with E-state index in [1.807, 2.05) is 24.3 Å². The second kappa shape index (κ2) is 9.00. The van der Waals surface area contributed by atoms with Gasteiger partial charge in [-0.05, 0) is 23.5 Å². The van der Waals surface area contributed by atoms with Crippen molar-refractivity contribution in [2.45, 2.75) is 33.2 Å². The van der Waals surface area contributed by atoms with Crippen LogP contribution in [0.25, 0.3) is 6.08 Å². The molecule has 2 rings (SSSR count). The Labute approximate surface area is 151 Å². The molecule has 1 saturated heterocycles. The molecule has 0 aromatic heterocycles. The largest absolute Gasteiger partial charge is 0.396 e. The van der Waals surface area contributed by atoms with Crippen LogP contribution in [0.5, 0.6) is 0 Å². The molecule has 1 aliphatic rings. The molecule has 0 aliphatic carbocycles. The van der Waals surface area contributed by atoms with E-state index in [1.165, 1.54) is 0 Å². The summed E-state index contributed by atoms with van der Waals surface area (Å²) in [6.07, 6.45) is 2.87. The first-order valence-electron chi connectivity index (χ1n) is 8.86. The fourth-order valence-corrected chi connectivity index (χ4v) is 3.63. The summed E-state index contributed by atoms with van der Waals surface area (Å²) in [5.41, 5.74) is 1.42. The lowest BCUT2D eigenvalue weighted by Crippen LogP contribution is -2.55. The van der Waals surface area contributed by atoms with Gasteiger partial charge in [0.25, 0.3) is 0 Å². The molecular weight excluding hydrogens is 320 g/mol. The van der Waals surface area contributed by atoms with E-state index in [9.17, 15) is 5.11 Å². The fourth-order valence-electron chi connectivity index (χ4n) is 3.33. The van der Waals surface area contributed by atoms with Crippen LogP contribution < -0.4 is 0 Å². The lowest BCUT2D eigenvalue weighted by molar-refractivity contribution is 0.0417. The molecule has 1 N–H and O–H groups in total. The second-order valence-electron chi connectivity index (χ2n) is 7.93. The quantitative estimate of drug-likeness (QED) is 0.847. The van der Waals surface area contributed by atoms with Crippen molar-refractivity contribution in [1.29, 1.82) is 0 Å². The first kappa shape index (κ1) is 19.5. The minimum Gasteiger partial charge on any atom is -0.396 e. The predicted octanol–water partition coefficient (Wildman–Crippen LogP) is 3.68. The Kier molecular flexibility index (Phi) is 7.30. The molecule has 0 radical (unpaired) electrons. The van der Waals surface area contributed by atoms with Gasteiger partial charge in [-0.1, -0.05) is 62.7 Å². The van der Waals surface area contributed by atoms with Gasteiger partial charge in [0, 0.05) is 50.4 Å². The van der Waals surface area contributed by atoms with E-state index in [0.717, 1.165) is 49.7 Å². The molecule has 24 heavy (non-hydrogen) atoms. The molecule has 1 aliphatic heterocycles. The van der Waals surface area contributed by atoms with Gasteiger partial charge in [-0.2, -0.15) is 0 Å². The highest BCUT2D eigenvalue weighted by Crippen LogP contribution is 2.22. The zero-order chi connectivity index (χ0) is 17.6. The molecule has 0 bridgehead atoms. The van der Waals surface area contributed by atoms with E-state index in [0.29, 0.717) is 6.04 Å². The predicted molar refractivity (Wildman–Crippen MR) is 103 cm³/mol. The van der Waals surface area contributed by atoms with Crippen LogP contribution >= 0.6 is 11.6 Å². The average Bonchev–Trinajstić information content (AvgIpc) is 2.50. The van der Waals surface area contributed by atoms with Crippen LogP contribution in [-0.4, -0.2) is 60.3 Å². The van der Waals surface area contributed by atoms with Crippen molar-refractivity contribution < 1.29 is 5.11 Å². The fraction of sp³-hybridized carbons (Fsp3) is 0.600. The van der Waals surface area contributed by atoms with Crippen LogP contribution in [0.3, 0.4) is 0 Å². The third kappa shape index (κ3) is 6.56. The highest BCUT2D eigenvalue weighted by atomic mass is 35.5.